The van der Waals surface area contributed by atoms with Crippen LogP contribution >= 0.6 is 0 Å². The van der Waals surface area contributed by atoms with Gasteiger partial charge in [0.15, 0.2) is 0 Å². The smallest absolute Gasteiger partial charge is 0.418 e. The van der Waals surface area contributed by atoms with Crippen molar-refractivity contribution in [1.29, 1.82) is 0 Å². The Morgan fingerprint density at radius 2 is 1.54 bits per heavy atom. The molecule has 1 aliphatic heterocycles. The number of halogens is 6. The van der Waals surface area contributed by atoms with Gasteiger partial charge in [0.25, 0.3) is 0 Å². The van der Waals surface area contributed by atoms with E-state index >= 15 is 0 Å². The number of rotatable bonds is 8. The Hall–Kier alpha value is -3.89. The molecule has 1 atom stereocenters. The molecule has 3 aromatic rings. The summed E-state index contributed by atoms with van der Waals surface area (Å²) in [5.74, 6) is -1.62. The highest BCUT2D eigenvalue weighted by Crippen LogP contribution is 2.39. The fourth-order valence-corrected chi connectivity index (χ4v) is 4.97. The van der Waals surface area contributed by atoms with E-state index in [9.17, 15) is 35.9 Å². The van der Waals surface area contributed by atoms with E-state index in [4.69, 9.17) is 4.74 Å². The number of alkyl halides is 6. The lowest BCUT2D eigenvalue weighted by atomic mass is 9.84. The van der Waals surface area contributed by atoms with Crippen molar-refractivity contribution in [1.82, 2.24) is 9.88 Å². The molecule has 0 radical (unpaired) electrons. The van der Waals surface area contributed by atoms with Crippen molar-refractivity contribution in [2.75, 3.05) is 13.1 Å². The summed E-state index contributed by atoms with van der Waals surface area (Å²) in [5.41, 5.74) is -1.42. The number of Topliss-reactive ketones (excluding diaryl/α,β-unsaturated/α-hetero) is 1. The summed E-state index contributed by atoms with van der Waals surface area (Å²) in [5, 5.41) is 0. The van der Waals surface area contributed by atoms with Crippen LogP contribution in [0.3, 0.4) is 0 Å². The fourth-order valence-electron chi connectivity index (χ4n) is 4.97. The van der Waals surface area contributed by atoms with Crippen LogP contribution in [0, 0.1) is 5.92 Å². The van der Waals surface area contributed by atoms with Crippen molar-refractivity contribution in [3.63, 3.8) is 0 Å². The maximum Gasteiger partial charge on any atom is 0.418 e. The molecule has 1 fully saturated rings. The highest BCUT2D eigenvalue weighted by Gasteiger charge is 2.38. The molecule has 0 bridgehead atoms. The number of likely N-dealkylation sites (tertiary alicyclic amines) is 1. The van der Waals surface area contributed by atoms with Crippen molar-refractivity contribution in [2.24, 2.45) is 5.92 Å². The molecule has 0 N–H and O–H groups in total. The minimum absolute atomic E-state index is 0.0677. The molecular formula is C30H28F6N2O3. The second-order valence-corrected chi connectivity index (χ2v) is 10.0. The number of piperidine rings is 1. The molecule has 2 heterocycles. The van der Waals surface area contributed by atoms with Gasteiger partial charge in [0.1, 0.15) is 12.4 Å². The number of carbonyl (C=O) groups excluding carboxylic acids is 2. The first-order valence-corrected chi connectivity index (χ1v) is 13.1. The molecule has 11 heteroatoms. The molecule has 0 unspecified atom stereocenters. The lowest BCUT2D eigenvalue weighted by Crippen LogP contribution is -2.39. The van der Waals surface area contributed by atoms with Gasteiger partial charge in [-0.2, -0.15) is 26.3 Å². The average molecular weight is 579 g/mol. The second-order valence-electron chi connectivity index (χ2n) is 10.0. The summed E-state index contributed by atoms with van der Waals surface area (Å²) in [4.78, 5) is 31.0. The Balaban J connectivity index is 1.42. The Kier molecular flexibility index (Phi) is 9.35. The number of aromatic nitrogens is 1. The third-order valence-corrected chi connectivity index (χ3v) is 7.14. The molecular weight excluding hydrogens is 550 g/mol. The number of carbonyl (C=O) groups is 2. The number of ether oxygens (including phenoxy) is 1. The summed E-state index contributed by atoms with van der Waals surface area (Å²) in [6.45, 7) is 0.871. The summed E-state index contributed by atoms with van der Waals surface area (Å²) in [6, 6.07) is 14.9. The predicted octanol–water partition coefficient (Wildman–Crippen LogP) is 7.65. The van der Waals surface area contributed by atoms with Crippen LogP contribution in [0.25, 0.3) is 0 Å². The van der Waals surface area contributed by atoms with E-state index in [2.05, 4.69) is 4.98 Å². The number of hydrogen-bond donors (Lipinski definition) is 0. The number of ketones is 1. The van der Waals surface area contributed by atoms with Gasteiger partial charge in [-0.15, -0.1) is 0 Å². The molecule has 41 heavy (non-hydrogen) atoms. The van der Waals surface area contributed by atoms with Gasteiger partial charge in [0.2, 0.25) is 0 Å². The van der Waals surface area contributed by atoms with Gasteiger partial charge in [-0.05, 0) is 54.2 Å². The van der Waals surface area contributed by atoms with Gasteiger partial charge >= 0.3 is 18.4 Å². The van der Waals surface area contributed by atoms with Gasteiger partial charge in [-0.25, -0.2) is 4.79 Å². The Morgan fingerprint density at radius 1 is 0.878 bits per heavy atom. The van der Waals surface area contributed by atoms with Crippen LogP contribution in [0.4, 0.5) is 31.1 Å². The molecule has 1 amide bonds. The van der Waals surface area contributed by atoms with E-state index in [1.54, 1.807) is 4.90 Å². The van der Waals surface area contributed by atoms with Crippen LogP contribution in [0.1, 0.15) is 59.5 Å². The van der Waals surface area contributed by atoms with Crippen molar-refractivity contribution in [2.45, 2.75) is 50.6 Å². The summed E-state index contributed by atoms with van der Waals surface area (Å²) in [6.07, 6.45) is -7.95. The lowest BCUT2D eigenvalue weighted by molar-refractivity contribution is -0.139. The second kappa shape index (κ2) is 12.7. The molecule has 1 saturated heterocycles. The number of pyridine rings is 1. The molecule has 0 spiro atoms. The first kappa shape index (κ1) is 30.1. The minimum Gasteiger partial charge on any atom is -0.445 e. The van der Waals surface area contributed by atoms with E-state index in [-0.39, 0.29) is 36.7 Å². The molecule has 5 nitrogen and oxygen atoms in total. The molecule has 1 aliphatic rings. The maximum absolute atomic E-state index is 13.8. The third kappa shape index (κ3) is 8.08. The third-order valence-electron chi connectivity index (χ3n) is 7.14. The number of amides is 1. The van der Waals surface area contributed by atoms with E-state index in [0.717, 1.165) is 42.0 Å². The molecule has 1 aromatic heterocycles. The number of benzene rings is 2. The molecule has 4 rings (SSSR count). The quantitative estimate of drug-likeness (QED) is 0.258. The SMILES string of the molecule is O=C(CC1CCN(C(=O)OCc2ccccc2)CC1)C[C@@H](c1ccc(C(F)(F)F)cc1)c1ncccc1C(F)(F)F. The molecule has 0 aliphatic carbocycles. The normalized spacial score (nSPS) is 15.4. The highest BCUT2D eigenvalue weighted by atomic mass is 19.4. The largest absolute Gasteiger partial charge is 0.445 e. The van der Waals surface area contributed by atoms with Crippen molar-refractivity contribution >= 4 is 11.9 Å². The van der Waals surface area contributed by atoms with E-state index in [1.165, 1.54) is 6.20 Å². The van der Waals surface area contributed by atoms with Gasteiger partial charge in [0.05, 0.1) is 16.8 Å². The molecule has 2 aromatic carbocycles. The highest BCUT2D eigenvalue weighted by molar-refractivity contribution is 5.80. The minimum atomic E-state index is -4.77. The zero-order valence-corrected chi connectivity index (χ0v) is 21.9. The summed E-state index contributed by atoms with van der Waals surface area (Å²) in [7, 11) is 0. The van der Waals surface area contributed by atoms with Crippen LogP contribution in [-0.4, -0.2) is 34.8 Å². The zero-order valence-electron chi connectivity index (χ0n) is 21.9. The molecule has 218 valence electrons. The van der Waals surface area contributed by atoms with Crippen LogP contribution in [0.5, 0.6) is 0 Å². The van der Waals surface area contributed by atoms with Crippen LogP contribution in [0.2, 0.25) is 0 Å². The van der Waals surface area contributed by atoms with E-state index in [1.807, 2.05) is 30.3 Å². The van der Waals surface area contributed by atoms with E-state index in [0.29, 0.717) is 25.9 Å². The van der Waals surface area contributed by atoms with E-state index < -0.39 is 41.2 Å². The predicted molar refractivity (Wildman–Crippen MR) is 138 cm³/mol. The fraction of sp³-hybridized carbons (Fsp3) is 0.367. The van der Waals surface area contributed by atoms with Gasteiger partial charge in [0, 0.05) is 38.0 Å². The van der Waals surface area contributed by atoms with Gasteiger partial charge < -0.3 is 9.64 Å². The van der Waals surface area contributed by atoms with Gasteiger partial charge in [-0.3, -0.25) is 9.78 Å². The zero-order chi connectivity index (χ0) is 29.6. The van der Waals surface area contributed by atoms with Gasteiger partial charge in [-0.1, -0.05) is 42.5 Å². The monoisotopic (exact) mass is 578 g/mol. The van der Waals surface area contributed by atoms with Crippen molar-refractivity contribution in [3.8, 4) is 0 Å². The standard InChI is InChI=1S/C30H28F6N2O3/c31-29(32,33)23-10-8-22(9-11-23)25(27-26(30(34,35)36)7-4-14-37-27)18-24(39)17-20-12-15-38(16-13-20)28(40)41-19-21-5-2-1-3-6-21/h1-11,14,20,25H,12-13,15-19H2/t25-/m0/s1. The topological polar surface area (TPSA) is 59.5 Å². The molecule has 0 saturated carbocycles. The first-order chi connectivity index (χ1) is 19.4. The van der Waals surface area contributed by atoms with Crippen LogP contribution in [-0.2, 0) is 28.5 Å². The summed E-state index contributed by atoms with van der Waals surface area (Å²) >= 11 is 0. The van der Waals surface area contributed by atoms with Crippen LogP contribution < -0.4 is 0 Å². The Labute approximate surface area is 233 Å². The van der Waals surface area contributed by atoms with Crippen molar-refractivity contribution < 1.29 is 40.7 Å². The lowest BCUT2D eigenvalue weighted by Gasteiger charge is -2.31. The Bertz CT molecular complexity index is 1320. The maximum atomic E-state index is 13.8. The summed E-state index contributed by atoms with van der Waals surface area (Å²) < 4.78 is 86.0. The Morgan fingerprint density at radius 3 is 2.15 bits per heavy atom. The van der Waals surface area contributed by atoms with Crippen molar-refractivity contribution in [3.05, 3.63) is 101 Å². The van der Waals surface area contributed by atoms with Crippen LogP contribution in [0.15, 0.2) is 72.9 Å². The first-order valence-electron chi connectivity index (χ1n) is 13.1. The average Bonchev–Trinajstić information content (AvgIpc) is 2.95. The number of hydrogen-bond acceptors (Lipinski definition) is 4. The number of nitrogens with zero attached hydrogens (tertiary/aromatic N) is 2.